The van der Waals surface area contributed by atoms with Gasteiger partial charge in [-0.3, -0.25) is 9.59 Å². The highest BCUT2D eigenvalue weighted by atomic mass is 35.5. The van der Waals surface area contributed by atoms with Crippen LogP contribution in [0.2, 0.25) is 5.02 Å². The Hall–Kier alpha value is -2.86. The van der Waals surface area contributed by atoms with Crippen LogP contribution in [0.25, 0.3) is 11.0 Å². The lowest BCUT2D eigenvalue weighted by Gasteiger charge is -2.09. The van der Waals surface area contributed by atoms with Crippen molar-refractivity contribution >= 4 is 34.5 Å². The van der Waals surface area contributed by atoms with E-state index in [0.717, 1.165) is 28.8 Å². The first-order chi connectivity index (χ1) is 14.1. The fourth-order valence-electron chi connectivity index (χ4n) is 3.15. The molecule has 1 heterocycles. The molecule has 0 unspecified atom stereocenters. The average molecular weight is 414 g/mol. The Bertz CT molecular complexity index is 983. The number of aromatic nitrogens is 2. The van der Waals surface area contributed by atoms with Crippen LogP contribution in [0.4, 0.5) is 0 Å². The zero-order chi connectivity index (χ0) is 20.6. The minimum atomic E-state index is -0.284. The molecule has 0 radical (unpaired) electrons. The molecule has 1 N–H and O–H groups in total. The molecule has 2 aromatic carbocycles. The first kappa shape index (κ1) is 20.9. The molecule has 0 bridgehead atoms. The monoisotopic (exact) mass is 413 g/mol. The van der Waals surface area contributed by atoms with Crippen LogP contribution in [0, 0.1) is 0 Å². The van der Waals surface area contributed by atoms with Crippen LogP contribution >= 0.6 is 11.6 Å². The fourth-order valence-corrected chi connectivity index (χ4v) is 3.28. The van der Waals surface area contributed by atoms with Gasteiger partial charge in [0.05, 0.1) is 24.1 Å². The predicted octanol–water partition coefficient (Wildman–Crippen LogP) is 3.54. The summed E-state index contributed by atoms with van der Waals surface area (Å²) in [6.45, 7) is 2.81. The number of amides is 1. The van der Waals surface area contributed by atoms with Crippen molar-refractivity contribution in [2.45, 2.75) is 32.7 Å². The molecule has 0 atom stereocenters. The van der Waals surface area contributed by atoms with Crippen molar-refractivity contribution in [3.63, 3.8) is 0 Å². The molecular formula is C22H24ClN3O3. The molecule has 29 heavy (non-hydrogen) atoms. The summed E-state index contributed by atoms with van der Waals surface area (Å²) in [6, 6.07) is 15.0. The third kappa shape index (κ3) is 5.81. The van der Waals surface area contributed by atoms with Crippen LogP contribution < -0.4 is 5.32 Å². The van der Waals surface area contributed by atoms with Gasteiger partial charge in [0, 0.05) is 18.0 Å². The Kier molecular flexibility index (Phi) is 7.25. The maximum atomic E-state index is 12.1. The van der Waals surface area contributed by atoms with Gasteiger partial charge < -0.3 is 14.6 Å². The maximum Gasteiger partial charge on any atom is 0.326 e. The number of carbonyl (C=O) groups is 2. The van der Waals surface area contributed by atoms with E-state index in [9.17, 15) is 9.59 Å². The van der Waals surface area contributed by atoms with Crippen molar-refractivity contribution in [1.29, 1.82) is 0 Å². The summed E-state index contributed by atoms with van der Waals surface area (Å²) in [5, 5.41) is 3.58. The van der Waals surface area contributed by atoms with E-state index in [-0.39, 0.29) is 18.4 Å². The van der Waals surface area contributed by atoms with Gasteiger partial charge in [-0.2, -0.15) is 0 Å². The third-order valence-electron chi connectivity index (χ3n) is 4.50. The average Bonchev–Trinajstić information content (AvgIpc) is 3.05. The maximum absolute atomic E-state index is 12.1. The minimum absolute atomic E-state index is 0.0349. The number of rotatable bonds is 9. The molecular weight excluding hydrogens is 390 g/mol. The van der Waals surface area contributed by atoms with Gasteiger partial charge in [-0.15, -0.1) is 0 Å². The summed E-state index contributed by atoms with van der Waals surface area (Å²) < 4.78 is 6.98. The molecule has 1 aromatic heterocycles. The summed E-state index contributed by atoms with van der Waals surface area (Å²) in [6.07, 6.45) is 1.69. The zero-order valence-electron chi connectivity index (χ0n) is 16.4. The van der Waals surface area contributed by atoms with E-state index in [2.05, 4.69) is 10.3 Å². The van der Waals surface area contributed by atoms with Crippen LogP contribution in [-0.2, 0) is 33.7 Å². The van der Waals surface area contributed by atoms with Gasteiger partial charge in [0.15, 0.2) is 0 Å². The highest BCUT2D eigenvalue weighted by Crippen LogP contribution is 2.17. The number of esters is 1. The Morgan fingerprint density at radius 2 is 1.90 bits per heavy atom. The number of hydrogen-bond acceptors (Lipinski definition) is 4. The summed E-state index contributed by atoms with van der Waals surface area (Å²) >= 11 is 5.86. The molecule has 7 heteroatoms. The summed E-state index contributed by atoms with van der Waals surface area (Å²) in [5.74, 6) is 0.492. The number of fused-ring (bicyclic) bond motifs is 1. The third-order valence-corrected chi connectivity index (χ3v) is 4.76. The number of carbonyl (C=O) groups excluding carboxylic acids is 2. The predicted molar refractivity (Wildman–Crippen MR) is 113 cm³/mol. The molecule has 1 amide bonds. The van der Waals surface area contributed by atoms with E-state index in [1.54, 1.807) is 19.1 Å². The number of nitrogens with zero attached hydrogens (tertiary/aromatic N) is 2. The van der Waals surface area contributed by atoms with Crippen molar-refractivity contribution in [3.8, 4) is 0 Å². The quantitative estimate of drug-likeness (QED) is 0.430. The molecule has 6 nitrogen and oxygen atoms in total. The van der Waals surface area contributed by atoms with Gasteiger partial charge in [-0.05, 0) is 43.2 Å². The zero-order valence-corrected chi connectivity index (χ0v) is 17.1. The first-order valence-electron chi connectivity index (χ1n) is 9.67. The number of benzene rings is 2. The topological polar surface area (TPSA) is 73.2 Å². The van der Waals surface area contributed by atoms with Crippen molar-refractivity contribution in [2.75, 3.05) is 13.2 Å². The summed E-state index contributed by atoms with van der Waals surface area (Å²) in [4.78, 5) is 28.7. The lowest BCUT2D eigenvalue weighted by molar-refractivity contribution is -0.143. The largest absolute Gasteiger partial charge is 0.465 e. The summed E-state index contributed by atoms with van der Waals surface area (Å²) in [5.41, 5.74) is 2.67. The number of hydrogen-bond donors (Lipinski definition) is 1. The van der Waals surface area contributed by atoms with E-state index in [0.29, 0.717) is 31.0 Å². The van der Waals surface area contributed by atoms with Crippen LogP contribution in [0.15, 0.2) is 48.5 Å². The van der Waals surface area contributed by atoms with Crippen molar-refractivity contribution in [2.24, 2.45) is 0 Å². The molecule has 0 aliphatic heterocycles. The molecule has 0 fully saturated rings. The molecule has 0 aliphatic rings. The second-order valence-corrected chi connectivity index (χ2v) is 7.10. The second-order valence-electron chi connectivity index (χ2n) is 6.66. The van der Waals surface area contributed by atoms with Crippen molar-refractivity contribution < 1.29 is 14.3 Å². The van der Waals surface area contributed by atoms with Gasteiger partial charge in [-0.25, -0.2) is 4.98 Å². The van der Waals surface area contributed by atoms with Crippen LogP contribution in [0.5, 0.6) is 0 Å². The molecule has 0 saturated carbocycles. The van der Waals surface area contributed by atoms with Crippen LogP contribution in [0.1, 0.15) is 24.7 Å². The number of ether oxygens (including phenoxy) is 1. The lowest BCUT2D eigenvalue weighted by atomic mass is 10.1. The van der Waals surface area contributed by atoms with E-state index in [1.165, 1.54) is 0 Å². The number of imidazole rings is 1. The number of nitrogens with one attached hydrogen (secondary N) is 1. The van der Waals surface area contributed by atoms with Crippen LogP contribution in [0.3, 0.4) is 0 Å². The highest BCUT2D eigenvalue weighted by molar-refractivity contribution is 6.30. The Morgan fingerprint density at radius 3 is 2.66 bits per heavy atom. The SMILES string of the molecule is CCOC(=O)Cn1c(CCCNC(=O)Cc2ccc(Cl)cc2)nc2ccccc21. The van der Waals surface area contributed by atoms with Gasteiger partial charge in [0.2, 0.25) is 5.91 Å². The Balaban J connectivity index is 1.56. The van der Waals surface area contributed by atoms with Crippen LogP contribution in [-0.4, -0.2) is 34.6 Å². The Labute approximate surface area is 174 Å². The van der Waals surface area contributed by atoms with Gasteiger partial charge in [-0.1, -0.05) is 35.9 Å². The van der Waals surface area contributed by atoms with E-state index < -0.39 is 0 Å². The van der Waals surface area contributed by atoms with Gasteiger partial charge >= 0.3 is 5.97 Å². The second kappa shape index (κ2) is 10.1. The van der Waals surface area contributed by atoms with Gasteiger partial charge in [0.1, 0.15) is 12.4 Å². The fraction of sp³-hybridized carbons (Fsp3) is 0.318. The van der Waals surface area contributed by atoms with Gasteiger partial charge in [0.25, 0.3) is 0 Å². The number of para-hydroxylation sites is 2. The first-order valence-corrected chi connectivity index (χ1v) is 10.1. The van der Waals surface area contributed by atoms with E-state index in [1.807, 2.05) is 41.0 Å². The molecule has 0 spiro atoms. The molecule has 3 aromatic rings. The molecule has 0 aliphatic carbocycles. The lowest BCUT2D eigenvalue weighted by Crippen LogP contribution is -2.26. The minimum Gasteiger partial charge on any atom is -0.465 e. The van der Waals surface area contributed by atoms with Crippen molar-refractivity contribution in [3.05, 3.63) is 64.9 Å². The number of halogens is 1. The van der Waals surface area contributed by atoms with E-state index in [4.69, 9.17) is 16.3 Å². The molecule has 0 saturated heterocycles. The highest BCUT2D eigenvalue weighted by Gasteiger charge is 2.14. The smallest absolute Gasteiger partial charge is 0.326 e. The standard InChI is InChI=1S/C22H24ClN3O3/c1-2-29-22(28)15-26-19-7-4-3-6-18(19)25-20(26)8-5-13-24-21(27)14-16-9-11-17(23)12-10-16/h3-4,6-7,9-12H,2,5,8,13-15H2,1H3,(H,24,27). The Morgan fingerprint density at radius 1 is 1.14 bits per heavy atom. The molecule has 152 valence electrons. The molecule has 3 rings (SSSR count). The normalized spacial score (nSPS) is 10.8. The van der Waals surface area contributed by atoms with E-state index >= 15 is 0 Å². The van der Waals surface area contributed by atoms with Crippen molar-refractivity contribution in [1.82, 2.24) is 14.9 Å². The number of aryl methyl sites for hydroxylation is 1. The summed E-state index contributed by atoms with van der Waals surface area (Å²) in [7, 11) is 0.